The van der Waals surface area contributed by atoms with Crippen molar-refractivity contribution < 1.29 is 14.7 Å². The smallest absolute Gasteiger partial charge is 0.325 e. The lowest BCUT2D eigenvalue weighted by molar-refractivity contribution is -0.138. The number of carboxylic acids is 1. The van der Waals surface area contributed by atoms with Gasteiger partial charge in [-0.15, -0.1) is 15.3 Å². The fourth-order valence-corrected chi connectivity index (χ4v) is 2.00. The Kier molecular flexibility index (Phi) is 4.42. The summed E-state index contributed by atoms with van der Waals surface area (Å²) in [5.41, 5.74) is 0.217. The van der Waals surface area contributed by atoms with E-state index in [-0.39, 0.29) is 23.3 Å². The highest BCUT2D eigenvalue weighted by atomic mass is 32.2. The molecule has 0 aliphatic heterocycles. The van der Waals surface area contributed by atoms with Crippen LogP contribution in [-0.2, 0) is 11.3 Å². The Morgan fingerprint density at radius 3 is 2.62 bits per heavy atom. The van der Waals surface area contributed by atoms with E-state index in [0.717, 1.165) is 16.4 Å². The van der Waals surface area contributed by atoms with E-state index in [2.05, 4.69) is 25.7 Å². The lowest BCUT2D eigenvalue weighted by Crippen LogP contribution is -2.23. The van der Waals surface area contributed by atoms with E-state index in [0.29, 0.717) is 5.03 Å². The van der Waals surface area contributed by atoms with Gasteiger partial charge in [-0.1, -0.05) is 0 Å². The Balaban J connectivity index is 2.12. The third-order valence-corrected chi connectivity index (χ3v) is 3.15. The monoisotopic (exact) mass is 309 g/mol. The number of carboxylic acid groups (broad SMARTS) is 1. The van der Waals surface area contributed by atoms with Crippen LogP contribution in [0.2, 0.25) is 0 Å². The first-order chi connectivity index (χ1) is 9.97. The molecule has 2 heterocycles. The van der Waals surface area contributed by atoms with Gasteiger partial charge in [0.15, 0.2) is 5.69 Å². The molecule has 2 aromatic heterocycles. The van der Waals surface area contributed by atoms with Crippen molar-refractivity contribution in [3.8, 4) is 0 Å². The summed E-state index contributed by atoms with van der Waals surface area (Å²) in [6, 6.07) is 3.12. The molecule has 0 aliphatic rings. The van der Waals surface area contributed by atoms with Crippen LogP contribution < -0.4 is 0 Å². The van der Waals surface area contributed by atoms with Crippen LogP contribution in [0.25, 0.3) is 0 Å². The molecule has 0 aromatic carbocycles. The summed E-state index contributed by atoms with van der Waals surface area (Å²) in [7, 11) is 3.24. The molecule has 0 saturated carbocycles. The van der Waals surface area contributed by atoms with Crippen LogP contribution in [0.3, 0.4) is 0 Å². The van der Waals surface area contributed by atoms with E-state index in [1.165, 1.54) is 11.0 Å². The minimum absolute atomic E-state index is 0.217. The molecule has 0 bridgehead atoms. The van der Waals surface area contributed by atoms with E-state index in [4.69, 9.17) is 5.11 Å². The normalized spacial score (nSPS) is 10.4. The summed E-state index contributed by atoms with van der Waals surface area (Å²) >= 11 is 1.06. The lowest BCUT2D eigenvalue weighted by Gasteiger charge is -2.08. The number of hydrogen-bond acceptors (Lipinski definition) is 8. The van der Waals surface area contributed by atoms with Crippen molar-refractivity contribution >= 4 is 23.6 Å². The first-order valence-corrected chi connectivity index (χ1v) is 6.50. The Morgan fingerprint density at radius 1 is 1.29 bits per heavy atom. The summed E-state index contributed by atoms with van der Waals surface area (Å²) in [6.07, 6.45) is 0. The van der Waals surface area contributed by atoms with E-state index in [9.17, 15) is 9.59 Å². The summed E-state index contributed by atoms with van der Waals surface area (Å²) < 4.78 is 1.13. The number of nitrogens with zero attached hydrogens (tertiary/aromatic N) is 7. The number of carbonyl (C=O) groups is 2. The van der Waals surface area contributed by atoms with E-state index in [1.54, 1.807) is 20.2 Å². The third-order valence-electron chi connectivity index (χ3n) is 2.25. The molecule has 0 saturated heterocycles. The van der Waals surface area contributed by atoms with Gasteiger partial charge in [0.05, 0.1) is 0 Å². The van der Waals surface area contributed by atoms with Gasteiger partial charge in [0.2, 0.25) is 5.16 Å². The molecule has 1 N–H and O–H groups in total. The number of aromatic nitrogens is 6. The van der Waals surface area contributed by atoms with Crippen molar-refractivity contribution in [2.75, 3.05) is 14.1 Å². The van der Waals surface area contributed by atoms with Crippen LogP contribution in [-0.4, -0.2) is 66.4 Å². The van der Waals surface area contributed by atoms with Crippen LogP contribution in [0.1, 0.15) is 10.5 Å². The molecule has 1 amide bonds. The summed E-state index contributed by atoms with van der Waals surface area (Å²) in [5, 5.41) is 27.8. The zero-order chi connectivity index (χ0) is 15.4. The van der Waals surface area contributed by atoms with Gasteiger partial charge in [-0.05, 0) is 34.3 Å². The molecule has 0 spiro atoms. The molecule has 11 heteroatoms. The first kappa shape index (κ1) is 14.8. The maximum absolute atomic E-state index is 11.7. The molecule has 0 aliphatic carbocycles. The van der Waals surface area contributed by atoms with Crippen molar-refractivity contribution in [2.24, 2.45) is 0 Å². The van der Waals surface area contributed by atoms with Gasteiger partial charge in [-0.25, -0.2) is 4.68 Å². The minimum atomic E-state index is -1.05. The SMILES string of the molecule is CN(C)C(=O)c1ccc(Sc2nnnn2CC(=O)O)nn1. The highest BCUT2D eigenvalue weighted by Crippen LogP contribution is 2.22. The summed E-state index contributed by atoms with van der Waals surface area (Å²) in [5.74, 6) is -1.31. The van der Waals surface area contributed by atoms with Crippen LogP contribution in [0.4, 0.5) is 0 Å². The molecule has 110 valence electrons. The standard InChI is InChI=1S/C10H11N7O3S/c1-16(2)9(20)6-3-4-7(12-11-6)21-10-13-14-15-17(10)5-8(18)19/h3-4H,5H2,1-2H3,(H,18,19). The van der Waals surface area contributed by atoms with Crippen LogP contribution >= 0.6 is 11.8 Å². The highest BCUT2D eigenvalue weighted by Gasteiger charge is 2.14. The van der Waals surface area contributed by atoms with Gasteiger partial charge in [0.25, 0.3) is 5.91 Å². The average Bonchev–Trinajstić information content (AvgIpc) is 2.85. The van der Waals surface area contributed by atoms with Crippen molar-refractivity contribution in [3.63, 3.8) is 0 Å². The molecule has 2 rings (SSSR count). The Bertz CT molecular complexity index is 655. The molecule has 2 aromatic rings. The van der Waals surface area contributed by atoms with Crippen molar-refractivity contribution in [3.05, 3.63) is 17.8 Å². The first-order valence-electron chi connectivity index (χ1n) is 5.68. The third kappa shape index (κ3) is 3.72. The number of hydrogen-bond donors (Lipinski definition) is 1. The summed E-state index contributed by atoms with van der Waals surface area (Å²) in [4.78, 5) is 23.7. The summed E-state index contributed by atoms with van der Waals surface area (Å²) in [6.45, 7) is -0.347. The van der Waals surface area contributed by atoms with Crippen LogP contribution in [0.5, 0.6) is 0 Å². The zero-order valence-electron chi connectivity index (χ0n) is 11.2. The quantitative estimate of drug-likeness (QED) is 0.770. The Hall–Kier alpha value is -2.56. The number of aliphatic carboxylic acids is 1. The molecule has 0 radical (unpaired) electrons. The van der Waals surface area contributed by atoms with E-state index >= 15 is 0 Å². The maximum Gasteiger partial charge on any atom is 0.325 e. The largest absolute Gasteiger partial charge is 0.480 e. The minimum Gasteiger partial charge on any atom is -0.480 e. The fraction of sp³-hybridized carbons (Fsp3) is 0.300. The van der Waals surface area contributed by atoms with E-state index < -0.39 is 5.97 Å². The topological polar surface area (TPSA) is 127 Å². The van der Waals surface area contributed by atoms with Crippen molar-refractivity contribution in [1.29, 1.82) is 0 Å². The predicted octanol–water partition coefficient (Wildman–Crippen LogP) is -0.599. The van der Waals surface area contributed by atoms with Gasteiger partial charge in [0.1, 0.15) is 11.6 Å². The second kappa shape index (κ2) is 6.26. The molecular formula is C10H11N7O3S. The Labute approximate surface area is 123 Å². The van der Waals surface area contributed by atoms with Crippen LogP contribution in [0.15, 0.2) is 22.3 Å². The number of carbonyl (C=O) groups excluding carboxylic acids is 1. The van der Waals surface area contributed by atoms with Gasteiger partial charge in [-0.3, -0.25) is 9.59 Å². The molecule has 0 atom stereocenters. The maximum atomic E-state index is 11.7. The predicted molar refractivity (Wildman–Crippen MR) is 69.6 cm³/mol. The van der Waals surface area contributed by atoms with Gasteiger partial charge in [-0.2, -0.15) is 0 Å². The number of tetrazole rings is 1. The van der Waals surface area contributed by atoms with Crippen LogP contribution in [0, 0.1) is 0 Å². The fourth-order valence-electron chi connectivity index (χ4n) is 1.31. The molecule has 21 heavy (non-hydrogen) atoms. The second-order valence-electron chi connectivity index (χ2n) is 4.07. The highest BCUT2D eigenvalue weighted by molar-refractivity contribution is 7.99. The molecule has 10 nitrogen and oxygen atoms in total. The number of amides is 1. The second-order valence-corrected chi connectivity index (χ2v) is 5.06. The molecule has 0 unspecified atom stereocenters. The molecule has 0 fully saturated rings. The van der Waals surface area contributed by atoms with Crippen molar-refractivity contribution in [1.82, 2.24) is 35.3 Å². The lowest BCUT2D eigenvalue weighted by atomic mass is 10.3. The van der Waals surface area contributed by atoms with Gasteiger partial charge < -0.3 is 10.0 Å². The molecular weight excluding hydrogens is 298 g/mol. The number of rotatable bonds is 5. The van der Waals surface area contributed by atoms with E-state index in [1.807, 2.05) is 0 Å². The average molecular weight is 309 g/mol. The Morgan fingerprint density at radius 2 is 2.05 bits per heavy atom. The van der Waals surface area contributed by atoms with Gasteiger partial charge in [0, 0.05) is 14.1 Å². The zero-order valence-corrected chi connectivity index (χ0v) is 12.0. The van der Waals surface area contributed by atoms with Gasteiger partial charge >= 0.3 is 5.97 Å². The van der Waals surface area contributed by atoms with Crippen molar-refractivity contribution in [2.45, 2.75) is 16.7 Å².